The number of hydrogen-bond acceptors (Lipinski definition) is 0. The predicted molar refractivity (Wildman–Crippen MR) is 227 cm³/mol. The maximum atomic E-state index is 2.90. The van der Waals surface area contributed by atoms with Gasteiger partial charge in [0.25, 0.3) is 0 Å². The molecule has 2 unspecified atom stereocenters. The molecule has 0 heterocycles. The van der Waals surface area contributed by atoms with Crippen molar-refractivity contribution in [3.05, 3.63) is 129 Å². The third-order valence-electron chi connectivity index (χ3n) is 12.0. The van der Waals surface area contributed by atoms with E-state index in [2.05, 4.69) is 173 Å². The molecule has 4 aromatic carbocycles. The van der Waals surface area contributed by atoms with Crippen LogP contribution in [0.1, 0.15) is 109 Å². The first-order chi connectivity index (χ1) is 22.4. The maximum absolute atomic E-state index is 4.02. The largest absolute Gasteiger partial charge is 0.147 e. The smallest absolute Gasteiger partial charge is 0.147 e. The molecule has 2 aliphatic carbocycles. The molecule has 2 atom stereocenters. The molecule has 0 aromatic heterocycles. The molecule has 0 amide bonds. The zero-order valence-electron chi connectivity index (χ0n) is 32.7. The Balaban J connectivity index is 0.00000281. The average molecular weight is 803 g/mol. The normalized spacial score (nSPS) is 17.7. The van der Waals surface area contributed by atoms with Gasteiger partial charge in [0, 0.05) is 0 Å². The van der Waals surface area contributed by atoms with Crippen LogP contribution in [-0.4, -0.2) is 6.88 Å². The maximum Gasteiger partial charge on any atom is -0.147 e. The number of hydrogen-bond donors (Lipinski definition) is 0. The molecule has 0 radical (unpaired) electrons. The molecule has 0 N–H and O–H groups in total. The van der Waals surface area contributed by atoms with Crippen LogP contribution in [0.15, 0.2) is 96.1 Å². The fraction of sp³-hybridized carbons (Fsp3) is 0.391. The first kappa shape index (κ1) is 40.8. The van der Waals surface area contributed by atoms with Gasteiger partial charge in [-0.3, -0.25) is 0 Å². The summed E-state index contributed by atoms with van der Waals surface area (Å²) in [4.78, 5) is 0. The van der Waals surface area contributed by atoms with Crippen LogP contribution in [0.25, 0.3) is 33.4 Å². The molecule has 4 aromatic rings. The van der Waals surface area contributed by atoms with Gasteiger partial charge in [-0.05, 0) is 0 Å². The summed E-state index contributed by atoms with van der Waals surface area (Å²) in [6, 6.07) is 33.0. The van der Waals surface area contributed by atoms with Crippen molar-refractivity contribution in [3.63, 3.8) is 0 Å². The minimum absolute atomic E-state index is 0. The minimum atomic E-state index is -4.02. The van der Waals surface area contributed by atoms with E-state index < -0.39 is 17.4 Å². The van der Waals surface area contributed by atoms with Gasteiger partial charge in [-0.15, -0.1) is 24.8 Å². The Morgan fingerprint density at radius 3 is 1.20 bits per heavy atom. The van der Waals surface area contributed by atoms with Gasteiger partial charge >= 0.3 is 297 Å². The first-order valence-electron chi connectivity index (χ1n) is 18.3. The Bertz CT molecular complexity index is 1910. The number of fused-ring (bicyclic) bond motifs is 2. The Hall–Kier alpha value is -1.96. The molecule has 2 aliphatic rings. The van der Waals surface area contributed by atoms with E-state index in [1.807, 2.05) is 0 Å². The summed E-state index contributed by atoms with van der Waals surface area (Å²) in [6.45, 7) is 29.3. The average Bonchev–Trinajstić information content (AvgIpc) is 3.51. The second kappa shape index (κ2) is 14.1. The van der Waals surface area contributed by atoms with Gasteiger partial charge in [0.05, 0.1) is 0 Å². The van der Waals surface area contributed by atoms with Crippen LogP contribution in [0, 0.1) is 24.7 Å². The number of allylic oxidation sites excluding steroid dienone is 4. The van der Waals surface area contributed by atoms with Crippen molar-refractivity contribution in [2.75, 3.05) is 0 Å². The van der Waals surface area contributed by atoms with Crippen LogP contribution in [0.5, 0.6) is 0 Å². The van der Waals surface area contributed by atoms with Gasteiger partial charge in [0.15, 0.2) is 0 Å². The number of rotatable bonds is 6. The molecule has 0 saturated carbocycles. The van der Waals surface area contributed by atoms with Crippen molar-refractivity contribution in [3.8, 4) is 22.3 Å². The summed E-state index contributed by atoms with van der Waals surface area (Å²) >= 11 is -4.02. The predicted octanol–water partition coefficient (Wildman–Crippen LogP) is 14.0. The van der Waals surface area contributed by atoms with Crippen LogP contribution >= 0.6 is 24.8 Å². The van der Waals surface area contributed by atoms with Gasteiger partial charge in [-0.2, -0.15) is 0 Å². The van der Waals surface area contributed by atoms with Gasteiger partial charge in [0.2, 0.25) is 0 Å². The number of halogens is 2. The molecule has 50 heavy (non-hydrogen) atoms. The Morgan fingerprint density at radius 2 is 0.900 bits per heavy atom. The van der Waals surface area contributed by atoms with E-state index in [0.717, 1.165) is 0 Å². The molecule has 0 saturated heterocycles. The Morgan fingerprint density at radius 1 is 0.560 bits per heavy atom. The Kier molecular flexibility index (Phi) is 11.5. The summed E-state index contributed by atoms with van der Waals surface area (Å²) in [5.41, 5.74) is 21.0. The summed E-state index contributed by atoms with van der Waals surface area (Å²) in [6.07, 6.45) is 1.23. The minimum Gasteiger partial charge on any atom is -0.147 e. The van der Waals surface area contributed by atoms with E-state index in [0.29, 0.717) is 7.25 Å². The Labute approximate surface area is 319 Å². The van der Waals surface area contributed by atoms with Crippen molar-refractivity contribution in [1.82, 2.24) is 0 Å². The summed E-state index contributed by atoms with van der Waals surface area (Å²) in [5, 5.41) is 0. The summed E-state index contributed by atoms with van der Waals surface area (Å²) < 4.78 is 5.21. The number of aryl methyl sites for hydroxylation is 2. The fourth-order valence-corrected chi connectivity index (χ4v) is 36.4. The molecule has 4 heteroatoms. The monoisotopic (exact) mass is 800 g/mol. The molecule has 6 rings (SSSR count). The van der Waals surface area contributed by atoms with E-state index in [9.17, 15) is 0 Å². The zero-order chi connectivity index (χ0) is 35.0. The molecule has 0 fully saturated rings. The quantitative estimate of drug-likeness (QED) is 0.170. The second-order valence-corrected chi connectivity index (χ2v) is 46.4. The van der Waals surface area contributed by atoms with E-state index in [1.54, 1.807) is 22.3 Å². The third-order valence-corrected chi connectivity index (χ3v) is 35.1. The zero-order valence-corrected chi connectivity index (χ0v) is 38.2. The molecular formula is C46H60Cl2SiZr. The van der Waals surface area contributed by atoms with Crippen LogP contribution in [0.2, 0.25) is 8.76 Å². The third kappa shape index (κ3) is 6.59. The van der Waals surface area contributed by atoms with Crippen LogP contribution in [0.3, 0.4) is 0 Å². The molecular weight excluding hydrogens is 743 g/mol. The molecule has 266 valence electrons. The van der Waals surface area contributed by atoms with Crippen molar-refractivity contribution in [2.24, 2.45) is 10.8 Å². The van der Waals surface area contributed by atoms with E-state index >= 15 is 0 Å². The van der Waals surface area contributed by atoms with Crippen LogP contribution in [0.4, 0.5) is 0 Å². The van der Waals surface area contributed by atoms with E-state index in [1.165, 1.54) is 66.2 Å². The van der Waals surface area contributed by atoms with Crippen molar-refractivity contribution in [1.29, 1.82) is 0 Å². The van der Waals surface area contributed by atoms with E-state index in [4.69, 9.17) is 0 Å². The first-order valence-corrected chi connectivity index (χ1v) is 31.2. The van der Waals surface area contributed by atoms with Gasteiger partial charge < -0.3 is 0 Å². The van der Waals surface area contributed by atoms with Gasteiger partial charge in [-0.1, -0.05) is 0 Å². The molecule has 0 nitrogen and oxygen atoms in total. The van der Waals surface area contributed by atoms with Gasteiger partial charge in [-0.25, -0.2) is 0 Å². The topological polar surface area (TPSA) is 0 Å². The SMILES string of the molecule is CC[CH2][Zr]([CH3])(=[SiH2])([CH]1C(C(C)(C)C)=C(C)c2c(-c3ccc(C)cc3)cccc21)[CH]1C(C(C)(C)C)=C(C)c2c(-c3ccc(C)cc3)cccc21.Cl.Cl. The molecule has 0 bridgehead atoms. The summed E-state index contributed by atoms with van der Waals surface area (Å²) in [7, 11) is 0. The van der Waals surface area contributed by atoms with Gasteiger partial charge in [0.1, 0.15) is 0 Å². The van der Waals surface area contributed by atoms with Crippen LogP contribution < -0.4 is 0 Å². The molecule has 0 aliphatic heterocycles. The molecule has 0 spiro atoms. The summed E-state index contributed by atoms with van der Waals surface area (Å²) in [5.74, 6) is 0. The van der Waals surface area contributed by atoms with Crippen LogP contribution in [-0.2, 0) is 17.4 Å². The van der Waals surface area contributed by atoms with Crippen molar-refractivity contribution in [2.45, 2.75) is 98.6 Å². The van der Waals surface area contributed by atoms with Crippen molar-refractivity contribution < 1.29 is 17.4 Å². The van der Waals surface area contributed by atoms with Crippen molar-refractivity contribution >= 4 is 42.8 Å². The van der Waals surface area contributed by atoms with E-state index in [-0.39, 0.29) is 35.6 Å². The number of benzene rings is 4. The fourth-order valence-electron chi connectivity index (χ4n) is 10.4. The standard InChI is InChI=1S/2C21H23.C3H7.CH3.2ClH.H2Si.Zr/c2*1-14-9-11-16(12-10-14)18-8-6-7-17-13-19(21(3,4)5)15(2)20(17)18;1-3-2;;;;;/h2*6-13H,1-5H3;1,3H2,2H3;1H3;2*1H;1H2;. The second-order valence-electron chi connectivity index (χ2n) is 18.0.